The molecule has 21 heteroatoms. The second-order valence-corrected chi connectivity index (χ2v) is 9.58. The minimum atomic E-state index is -5.08. The number of nitrogens with zero attached hydrogens (tertiary/aromatic N) is 4. The Labute approximate surface area is 254 Å². The number of hydrogen-bond donors (Lipinski definition) is 3. The maximum atomic E-state index is 10.6. The highest BCUT2D eigenvalue weighted by atomic mass is 19.4. The molecule has 0 amide bonds. The molecule has 1 spiro atoms. The first-order valence-corrected chi connectivity index (χ1v) is 12.8. The molecule has 2 atom stereocenters. The number of carboxylic acid groups (broad SMARTS) is 3. The van der Waals surface area contributed by atoms with Gasteiger partial charge in [-0.25, -0.2) is 19.4 Å². The Morgan fingerprint density at radius 2 is 1.52 bits per heavy atom. The second-order valence-electron chi connectivity index (χ2n) is 9.58. The van der Waals surface area contributed by atoms with Crippen LogP contribution < -0.4 is 4.74 Å². The molecule has 3 heterocycles. The molecule has 46 heavy (non-hydrogen) atoms. The van der Waals surface area contributed by atoms with E-state index in [-0.39, 0.29) is 5.60 Å². The molecule has 0 radical (unpaired) electrons. The number of aromatic nitrogens is 3. The van der Waals surface area contributed by atoms with Gasteiger partial charge in [-0.3, -0.25) is 9.88 Å². The van der Waals surface area contributed by atoms with Crippen molar-refractivity contribution in [1.29, 1.82) is 0 Å². The highest BCUT2D eigenvalue weighted by Gasteiger charge is 2.47. The molecule has 260 valence electrons. The molecular weight excluding hydrogens is 655 g/mol. The van der Waals surface area contributed by atoms with Crippen LogP contribution in [0.5, 0.6) is 5.75 Å². The molecule has 0 bridgehead atoms. The molecule has 1 aliphatic heterocycles. The maximum absolute atomic E-state index is 10.6. The molecule has 0 unspecified atom stereocenters. The lowest BCUT2D eigenvalue weighted by Crippen LogP contribution is -2.54. The number of aryl methyl sites for hydroxylation is 1. The molecule has 1 saturated heterocycles. The standard InChI is InChI=1S/C19H26N4O2.3C2HF3O2/c1-22-9-8-21-18(22)13-23-10-11-25-19(15-23)6-2-4-16(19)14-24-17-5-3-7-20-12-17;3*3-2(4,5)1(6)7/h3,5,7-9,12,16H,2,4,6,10-11,13-15H2,1H3;3*(H,6,7)/t16-,19+;;;/m0.../s1. The lowest BCUT2D eigenvalue weighted by Gasteiger charge is -2.44. The summed E-state index contributed by atoms with van der Waals surface area (Å²) in [5.74, 6) is -5.90. The topological polar surface area (TPSA) is 164 Å². The lowest BCUT2D eigenvalue weighted by atomic mass is 9.89. The first-order valence-electron chi connectivity index (χ1n) is 12.8. The van der Waals surface area contributed by atoms with E-state index in [1.165, 1.54) is 6.42 Å². The van der Waals surface area contributed by atoms with Gasteiger partial charge < -0.3 is 29.4 Å². The van der Waals surface area contributed by atoms with Gasteiger partial charge in [0.2, 0.25) is 0 Å². The number of ether oxygens (including phenoxy) is 2. The van der Waals surface area contributed by atoms with Crippen molar-refractivity contribution < 1.29 is 78.7 Å². The summed E-state index contributed by atoms with van der Waals surface area (Å²) in [6.07, 6.45) is -4.35. The summed E-state index contributed by atoms with van der Waals surface area (Å²) in [5, 5.41) is 21.4. The number of carbonyl (C=O) groups is 3. The molecular formula is C25H29F9N4O8. The Hall–Kier alpha value is -4.14. The van der Waals surface area contributed by atoms with Crippen LogP contribution >= 0.6 is 0 Å². The van der Waals surface area contributed by atoms with E-state index in [1.54, 1.807) is 12.4 Å². The highest BCUT2D eigenvalue weighted by molar-refractivity contribution is 5.73. The number of imidazole rings is 1. The van der Waals surface area contributed by atoms with Crippen molar-refractivity contribution in [3.05, 3.63) is 42.7 Å². The Balaban J connectivity index is 0.000000413. The van der Waals surface area contributed by atoms with E-state index >= 15 is 0 Å². The fraction of sp³-hybridized carbons (Fsp3) is 0.560. The van der Waals surface area contributed by atoms with Gasteiger partial charge in [-0.1, -0.05) is 0 Å². The van der Waals surface area contributed by atoms with E-state index in [0.29, 0.717) is 12.5 Å². The minimum Gasteiger partial charge on any atom is -0.492 e. The van der Waals surface area contributed by atoms with Gasteiger partial charge in [0, 0.05) is 44.6 Å². The first kappa shape index (κ1) is 39.9. The van der Waals surface area contributed by atoms with Crippen LogP contribution in [0.2, 0.25) is 0 Å². The SMILES string of the molecule is Cn1ccnc1CN1CCO[C@]2(CCC[C@H]2COc2cccnc2)C1.O=C(O)C(F)(F)F.O=C(O)C(F)(F)F.O=C(O)C(F)(F)F. The second kappa shape index (κ2) is 17.0. The van der Waals surface area contributed by atoms with Gasteiger partial charge in [-0.05, 0) is 31.4 Å². The largest absolute Gasteiger partial charge is 0.492 e. The number of carboxylic acids is 3. The number of morpholine rings is 1. The Bertz CT molecular complexity index is 1200. The van der Waals surface area contributed by atoms with Crippen LogP contribution in [0.4, 0.5) is 39.5 Å². The molecule has 3 N–H and O–H groups in total. The zero-order valence-electron chi connectivity index (χ0n) is 23.8. The molecule has 2 fully saturated rings. The molecule has 2 aromatic heterocycles. The van der Waals surface area contributed by atoms with Gasteiger partial charge in [0.25, 0.3) is 0 Å². The summed E-state index contributed by atoms with van der Waals surface area (Å²) < 4.78 is 110. The summed E-state index contributed by atoms with van der Waals surface area (Å²) in [7, 11) is 2.05. The van der Waals surface area contributed by atoms with E-state index in [9.17, 15) is 39.5 Å². The summed E-state index contributed by atoms with van der Waals surface area (Å²) in [4.78, 5) is 37.8. The van der Waals surface area contributed by atoms with E-state index in [2.05, 4.69) is 26.5 Å². The Morgan fingerprint density at radius 3 is 1.96 bits per heavy atom. The van der Waals surface area contributed by atoms with E-state index in [1.807, 2.05) is 24.5 Å². The first-order chi connectivity index (χ1) is 21.1. The van der Waals surface area contributed by atoms with Crippen LogP contribution in [0.15, 0.2) is 36.9 Å². The van der Waals surface area contributed by atoms with Crippen molar-refractivity contribution in [3.63, 3.8) is 0 Å². The number of aliphatic carboxylic acids is 3. The van der Waals surface area contributed by atoms with E-state index in [4.69, 9.17) is 39.2 Å². The van der Waals surface area contributed by atoms with Gasteiger partial charge in [-0.2, -0.15) is 39.5 Å². The number of alkyl halides is 9. The molecule has 2 aliphatic rings. The average molecular weight is 685 g/mol. The van der Waals surface area contributed by atoms with Crippen molar-refractivity contribution in [1.82, 2.24) is 19.4 Å². The molecule has 1 saturated carbocycles. The van der Waals surface area contributed by atoms with Gasteiger partial charge >= 0.3 is 36.4 Å². The molecule has 0 aromatic carbocycles. The zero-order valence-corrected chi connectivity index (χ0v) is 23.8. The summed E-state index contributed by atoms with van der Waals surface area (Å²) in [5.41, 5.74) is -0.0778. The van der Waals surface area contributed by atoms with Crippen LogP contribution in [0.25, 0.3) is 0 Å². The smallest absolute Gasteiger partial charge is 0.490 e. The summed E-state index contributed by atoms with van der Waals surface area (Å²) in [6.45, 7) is 4.28. The Morgan fingerprint density at radius 1 is 0.978 bits per heavy atom. The number of rotatable bonds is 5. The fourth-order valence-corrected chi connectivity index (χ4v) is 4.14. The number of pyridine rings is 1. The van der Waals surface area contributed by atoms with E-state index < -0.39 is 36.4 Å². The van der Waals surface area contributed by atoms with Crippen LogP contribution in [-0.4, -0.2) is 103 Å². The van der Waals surface area contributed by atoms with E-state index in [0.717, 1.165) is 50.7 Å². The quantitative estimate of drug-likeness (QED) is 0.388. The van der Waals surface area contributed by atoms with Gasteiger partial charge in [0.1, 0.15) is 11.6 Å². The van der Waals surface area contributed by atoms with Crippen LogP contribution in [-0.2, 0) is 32.7 Å². The fourth-order valence-electron chi connectivity index (χ4n) is 4.14. The Kier molecular flexibility index (Phi) is 14.7. The normalized spacial score (nSPS) is 19.8. The van der Waals surface area contributed by atoms with Crippen LogP contribution in [0, 0.1) is 5.92 Å². The van der Waals surface area contributed by atoms with Crippen molar-refractivity contribution in [2.24, 2.45) is 13.0 Å². The lowest BCUT2D eigenvalue weighted by molar-refractivity contribution is -0.193. The molecule has 12 nitrogen and oxygen atoms in total. The van der Waals surface area contributed by atoms with Crippen molar-refractivity contribution in [2.75, 3.05) is 26.3 Å². The predicted molar refractivity (Wildman–Crippen MR) is 135 cm³/mol. The monoisotopic (exact) mass is 684 g/mol. The van der Waals surface area contributed by atoms with Crippen molar-refractivity contribution in [2.45, 2.75) is 49.9 Å². The van der Waals surface area contributed by atoms with Crippen molar-refractivity contribution >= 4 is 17.9 Å². The average Bonchev–Trinajstić information content (AvgIpc) is 3.52. The van der Waals surface area contributed by atoms with Gasteiger partial charge in [0.15, 0.2) is 0 Å². The summed E-state index contributed by atoms with van der Waals surface area (Å²) >= 11 is 0. The maximum Gasteiger partial charge on any atom is 0.490 e. The third kappa shape index (κ3) is 13.9. The van der Waals surface area contributed by atoms with Gasteiger partial charge in [-0.15, -0.1) is 0 Å². The van der Waals surface area contributed by atoms with Crippen LogP contribution in [0.3, 0.4) is 0 Å². The van der Waals surface area contributed by atoms with Gasteiger partial charge in [0.05, 0.1) is 31.6 Å². The molecule has 2 aromatic rings. The molecule has 4 rings (SSSR count). The third-order valence-electron chi connectivity index (χ3n) is 6.28. The molecule has 1 aliphatic carbocycles. The predicted octanol–water partition coefficient (Wildman–Crippen LogP) is 4.17. The number of hydrogen-bond acceptors (Lipinski definition) is 8. The van der Waals surface area contributed by atoms with Crippen molar-refractivity contribution in [3.8, 4) is 5.75 Å². The highest BCUT2D eigenvalue weighted by Crippen LogP contribution is 2.41. The number of halogens is 9. The zero-order chi connectivity index (χ0) is 35.3. The third-order valence-corrected chi connectivity index (χ3v) is 6.28. The van der Waals surface area contributed by atoms with Crippen LogP contribution in [0.1, 0.15) is 25.1 Å². The summed E-state index contributed by atoms with van der Waals surface area (Å²) in [6, 6.07) is 3.87. The minimum absolute atomic E-state index is 0.0778.